The van der Waals surface area contributed by atoms with E-state index in [2.05, 4.69) is 17.2 Å². The Bertz CT molecular complexity index is 345. The van der Waals surface area contributed by atoms with Crippen LogP contribution in [-0.2, 0) is 6.54 Å². The minimum atomic E-state index is -0.318. The summed E-state index contributed by atoms with van der Waals surface area (Å²) in [5, 5.41) is 3.16. The van der Waals surface area contributed by atoms with Gasteiger partial charge < -0.3 is 10.1 Å². The molecule has 0 fully saturated rings. The molecule has 0 radical (unpaired) electrons. The summed E-state index contributed by atoms with van der Waals surface area (Å²) in [6.45, 7) is 6.27. The highest BCUT2D eigenvalue weighted by atomic mass is 19.1. The molecule has 1 N–H and O–H groups in total. The quantitative estimate of drug-likeness (QED) is 0.687. The average Bonchev–Trinajstić information content (AvgIpc) is 2.38. The van der Waals surface area contributed by atoms with Crippen LogP contribution in [0.5, 0.6) is 5.88 Å². The van der Waals surface area contributed by atoms with Gasteiger partial charge in [-0.25, -0.2) is 9.37 Å². The number of halogens is 1. The molecule has 1 rings (SSSR count). The standard InChI is InChI=1S/C14H23FN2O/c1-3-5-6-7-8-18-14-12(10-16-4-2)9-13(15)11-17-14/h9,11,16H,3-8,10H2,1-2H3. The molecule has 0 amide bonds. The summed E-state index contributed by atoms with van der Waals surface area (Å²) in [6.07, 6.45) is 5.83. The van der Waals surface area contributed by atoms with E-state index in [-0.39, 0.29) is 5.82 Å². The van der Waals surface area contributed by atoms with Crippen molar-refractivity contribution in [3.8, 4) is 5.88 Å². The fourth-order valence-corrected chi connectivity index (χ4v) is 1.68. The molecule has 0 aromatic carbocycles. The molecule has 0 bridgehead atoms. The van der Waals surface area contributed by atoms with Crippen LogP contribution in [-0.4, -0.2) is 18.1 Å². The fourth-order valence-electron chi connectivity index (χ4n) is 1.68. The molecule has 0 aliphatic rings. The van der Waals surface area contributed by atoms with Gasteiger partial charge in [-0.05, 0) is 19.0 Å². The van der Waals surface area contributed by atoms with E-state index in [0.717, 1.165) is 18.5 Å². The van der Waals surface area contributed by atoms with Crippen LogP contribution in [0.3, 0.4) is 0 Å². The number of nitrogens with one attached hydrogen (secondary N) is 1. The zero-order chi connectivity index (χ0) is 13.2. The van der Waals surface area contributed by atoms with Gasteiger partial charge in [0, 0.05) is 12.1 Å². The van der Waals surface area contributed by atoms with E-state index in [9.17, 15) is 4.39 Å². The third-order valence-electron chi connectivity index (χ3n) is 2.69. The number of aromatic nitrogens is 1. The Labute approximate surface area is 109 Å². The van der Waals surface area contributed by atoms with E-state index >= 15 is 0 Å². The Balaban J connectivity index is 2.47. The lowest BCUT2D eigenvalue weighted by atomic mass is 10.2. The van der Waals surface area contributed by atoms with Gasteiger partial charge in [0.25, 0.3) is 0 Å². The van der Waals surface area contributed by atoms with E-state index in [4.69, 9.17) is 4.74 Å². The maximum Gasteiger partial charge on any atom is 0.218 e. The molecular formula is C14H23FN2O. The van der Waals surface area contributed by atoms with Crippen molar-refractivity contribution in [2.24, 2.45) is 0 Å². The molecule has 0 aliphatic carbocycles. The first-order valence-electron chi connectivity index (χ1n) is 6.75. The maximum absolute atomic E-state index is 13.1. The van der Waals surface area contributed by atoms with Crippen LogP contribution in [0.15, 0.2) is 12.3 Å². The number of rotatable bonds is 9. The molecule has 3 nitrogen and oxygen atoms in total. The third kappa shape index (κ3) is 5.45. The van der Waals surface area contributed by atoms with Crippen LogP contribution in [0, 0.1) is 5.82 Å². The molecular weight excluding hydrogens is 231 g/mol. The van der Waals surface area contributed by atoms with Crippen molar-refractivity contribution >= 4 is 0 Å². The van der Waals surface area contributed by atoms with Crippen LogP contribution in [0.4, 0.5) is 4.39 Å². The molecule has 0 saturated heterocycles. The second kappa shape index (κ2) is 8.86. The zero-order valence-electron chi connectivity index (χ0n) is 11.3. The van der Waals surface area contributed by atoms with Gasteiger partial charge in [-0.1, -0.05) is 33.1 Å². The molecule has 1 heterocycles. The van der Waals surface area contributed by atoms with Crippen LogP contribution < -0.4 is 10.1 Å². The summed E-state index contributed by atoms with van der Waals surface area (Å²) in [5.74, 6) is 0.232. The van der Waals surface area contributed by atoms with Crippen LogP contribution >= 0.6 is 0 Å². The number of hydrogen-bond donors (Lipinski definition) is 1. The first kappa shape index (κ1) is 14.9. The maximum atomic E-state index is 13.1. The number of hydrogen-bond acceptors (Lipinski definition) is 3. The smallest absolute Gasteiger partial charge is 0.218 e. The summed E-state index contributed by atoms with van der Waals surface area (Å²) < 4.78 is 18.7. The predicted octanol–water partition coefficient (Wildman–Crippen LogP) is 3.29. The van der Waals surface area contributed by atoms with E-state index in [0.29, 0.717) is 19.0 Å². The van der Waals surface area contributed by atoms with Gasteiger partial charge in [-0.15, -0.1) is 0 Å². The minimum Gasteiger partial charge on any atom is -0.477 e. The van der Waals surface area contributed by atoms with Gasteiger partial charge in [0.05, 0.1) is 12.8 Å². The van der Waals surface area contributed by atoms with E-state index < -0.39 is 0 Å². The Hall–Kier alpha value is -1.16. The summed E-state index contributed by atoms with van der Waals surface area (Å²) >= 11 is 0. The molecule has 0 unspecified atom stereocenters. The zero-order valence-corrected chi connectivity index (χ0v) is 11.3. The van der Waals surface area contributed by atoms with Gasteiger partial charge in [0.2, 0.25) is 5.88 Å². The Morgan fingerprint density at radius 2 is 2.11 bits per heavy atom. The topological polar surface area (TPSA) is 34.1 Å². The highest BCUT2D eigenvalue weighted by Crippen LogP contribution is 2.16. The van der Waals surface area contributed by atoms with Crippen molar-refractivity contribution < 1.29 is 9.13 Å². The van der Waals surface area contributed by atoms with Crippen molar-refractivity contribution in [2.75, 3.05) is 13.2 Å². The van der Waals surface area contributed by atoms with Crippen LogP contribution in [0.2, 0.25) is 0 Å². The molecule has 4 heteroatoms. The molecule has 1 aromatic heterocycles. The Morgan fingerprint density at radius 1 is 1.28 bits per heavy atom. The first-order chi connectivity index (χ1) is 8.77. The van der Waals surface area contributed by atoms with Gasteiger partial charge in [0.15, 0.2) is 0 Å². The highest BCUT2D eigenvalue weighted by Gasteiger charge is 2.06. The third-order valence-corrected chi connectivity index (χ3v) is 2.69. The normalized spacial score (nSPS) is 10.6. The van der Waals surface area contributed by atoms with E-state index in [1.165, 1.54) is 31.5 Å². The van der Waals surface area contributed by atoms with Crippen LogP contribution in [0.25, 0.3) is 0 Å². The molecule has 1 aromatic rings. The number of unbranched alkanes of at least 4 members (excludes halogenated alkanes) is 3. The van der Waals surface area contributed by atoms with E-state index in [1.807, 2.05) is 6.92 Å². The predicted molar refractivity (Wildman–Crippen MR) is 71.2 cm³/mol. The summed E-state index contributed by atoms with van der Waals surface area (Å²) in [6, 6.07) is 1.48. The van der Waals surface area contributed by atoms with Gasteiger partial charge >= 0.3 is 0 Å². The van der Waals surface area contributed by atoms with Crippen molar-refractivity contribution in [3.63, 3.8) is 0 Å². The lowest BCUT2D eigenvalue weighted by Crippen LogP contribution is -2.14. The lowest BCUT2D eigenvalue weighted by Gasteiger charge is -2.10. The lowest BCUT2D eigenvalue weighted by molar-refractivity contribution is 0.289. The first-order valence-corrected chi connectivity index (χ1v) is 6.75. The van der Waals surface area contributed by atoms with Crippen molar-refractivity contribution in [3.05, 3.63) is 23.6 Å². The van der Waals surface area contributed by atoms with Crippen molar-refractivity contribution in [1.29, 1.82) is 0 Å². The van der Waals surface area contributed by atoms with Gasteiger partial charge in [0.1, 0.15) is 5.82 Å². The second-order valence-corrected chi connectivity index (χ2v) is 4.31. The Morgan fingerprint density at radius 3 is 2.83 bits per heavy atom. The van der Waals surface area contributed by atoms with Gasteiger partial charge in [-0.2, -0.15) is 0 Å². The molecule has 0 saturated carbocycles. The van der Waals surface area contributed by atoms with Crippen LogP contribution in [0.1, 0.15) is 45.1 Å². The summed E-state index contributed by atoms with van der Waals surface area (Å²) in [5.41, 5.74) is 0.785. The molecule has 0 atom stereocenters. The molecule has 102 valence electrons. The summed E-state index contributed by atoms with van der Waals surface area (Å²) in [4.78, 5) is 4.01. The second-order valence-electron chi connectivity index (χ2n) is 4.31. The number of pyridine rings is 1. The van der Waals surface area contributed by atoms with E-state index in [1.54, 1.807) is 0 Å². The highest BCUT2D eigenvalue weighted by molar-refractivity contribution is 5.26. The largest absolute Gasteiger partial charge is 0.477 e. The number of nitrogens with zero attached hydrogens (tertiary/aromatic N) is 1. The minimum absolute atomic E-state index is 0.318. The Kier molecular flexibility index (Phi) is 7.34. The average molecular weight is 254 g/mol. The van der Waals surface area contributed by atoms with Crippen molar-refractivity contribution in [2.45, 2.75) is 46.1 Å². The molecule has 0 aliphatic heterocycles. The molecule has 18 heavy (non-hydrogen) atoms. The molecule has 0 spiro atoms. The van der Waals surface area contributed by atoms with Gasteiger partial charge in [-0.3, -0.25) is 0 Å². The summed E-state index contributed by atoms with van der Waals surface area (Å²) in [7, 11) is 0. The SMILES string of the molecule is CCCCCCOc1ncc(F)cc1CNCC. The monoisotopic (exact) mass is 254 g/mol. The number of ether oxygens (including phenoxy) is 1. The fraction of sp³-hybridized carbons (Fsp3) is 0.643. The van der Waals surface area contributed by atoms with Crippen molar-refractivity contribution in [1.82, 2.24) is 10.3 Å².